The summed E-state index contributed by atoms with van der Waals surface area (Å²) in [5, 5.41) is 8.78. The number of H-pyrrole nitrogens is 1. The van der Waals surface area contributed by atoms with E-state index in [1.165, 1.54) is 6.20 Å². The van der Waals surface area contributed by atoms with Crippen molar-refractivity contribution in [1.29, 1.82) is 0 Å². The van der Waals surface area contributed by atoms with Gasteiger partial charge in [-0.2, -0.15) is 0 Å². The number of aromatic nitrogens is 2. The summed E-state index contributed by atoms with van der Waals surface area (Å²) in [4.78, 5) is 28.2. The minimum absolute atomic E-state index is 0.0738. The molecule has 1 aromatic rings. The maximum atomic E-state index is 11.2. The normalized spacial score (nSPS) is 16.5. The highest BCUT2D eigenvalue weighted by molar-refractivity contribution is 5.70. The zero-order valence-corrected chi connectivity index (χ0v) is 8.90. The number of aliphatic carboxylic acids is 1. The van der Waals surface area contributed by atoms with Crippen molar-refractivity contribution >= 4 is 5.97 Å². The Kier molecular flexibility index (Phi) is 3.03. The Balaban J connectivity index is 2.35. The molecular formula is C11H14N2O3. The number of rotatable bonds is 3. The van der Waals surface area contributed by atoms with Crippen LogP contribution in [0.5, 0.6) is 0 Å². The molecule has 1 aliphatic rings. The van der Waals surface area contributed by atoms with Crippen LogP contribution in [0.3, 0.4) is 0 Å². The van der Waals surface area contributed by atoms with Crippen LogP contribution in [0.15, 0.2) is 11.0 Å². The number of nitrogens with one attached hydrogen (secondary N) is 1. The minimum Gasteiger partial charge on any atom is -0.481 e. The summed E-state index contributed by atoms with van der Waals surface area (Å²) in [6.07, 6.45) is 5.64. The lowest BCUT2D eigenvalue weighted by atomic mass is 9.98. The molecule has 0 aromatic carbocycles. The van der Waals surface area contributed by atoms with Crippen LogP contribution >= 0.6 is 0 Å². The molecule has 1 saturated carbocycles. The van der Waals surface area contributed by atoms with Crippen LogP contribution in [0.25, 0.3) is 0 Å². The topological polar surface area (TPSA) is 83.0 Å². The molecule has 0 amide bonds. The number of carbonyl (C=O) groups is 1. The number of carboxylic acids is 1. The molecule has 2 N–H and O–H groups in total. The molecule has 16 heavy (non-hydrogen) atoms. The van der Waals surface area contributed by atoms with Crippen molar-refractivity contribution in [2.75, 3.05) is 0 Å². The molecule has 1 aliphatic carbocycles. The van der Waals surface area contributed by atoms with Crippen molar-refractivity contribution in [3.8, 4) is 0 Å². The standard InChI is InChI=1S/C11H14N2O3/c14-9(15)5-8-6-12-11(16)13-10(8)7-3-1-2-4-7/h6-7H,1-5H2,(H,14,15)(H,12,13,16). The Morgan fingerprint density at radius 2 is 2.19 bits per heavy atom. The molecule has 0 atom stereocenters. The monoisotopic (exact) mass is 222 g/mol. The highest BCUT2D eigenvalue weighted by Crippen LogP contribution is 2.34. The lowest BCUT2D eigenvalue weighted by Gasteiger charge is -2.12. The Morgan fingerprint density at radius 3 is 2.81 bits per heavy atom. The zero-order valence-electron chi connectivity index (χ0n) is 8.90. The molecule has 5 heteroatoms. The van der Waals surface area contributed by atoms with Gasteiger partial charge in [0.15, 0.2) is 0 Å². The van der Waals surface area contributed by atoms with Gasteiger partial charge in [-0.3, -0.25) is 4.79 Å². The summed E-state index contributed by atoms with van der Waals surface area (Å²) < 4.78 is 0. The van der Waals surface area contributed by atoms with Gasteiger partial charge in [0.05, 0.1) is 6.42 Å². The summed E-state index contributed by atoms with van der Waals surface area (Å²) in [7, 11) is 0. The fraction of sp³-hybridized carbons (Fsp3) is 0.545. The highest BCUT2D eigenvalue weighted by Gasteiger charge is 2.21. The first-order valence-electron chi connectivity index (χ1n) is 5.46. The molecule has 1 fully saturated rings. The molecule has 0 unspecified atom stereocenters. The largest absolute Gasteiger partial charge is 0.481 e. The second-order valence-electron chi connectivity index (χ2n) is 4.18. The summed E-state index contributed by atoms with van der Waals surface area (Å²) in [5.41, 5.74) is 1.02. The van der Waals surface area contributed by atoms with Crippen LogP contribution < -0.4 is 5.69 Å². The number of carboxylic acid groups (broad SMARTS) is 1. The maximum absolute atomic E-state index is 11.2. The summed E-state index contributed by atoms with van der Waals surface area (Å²) in [6, 6.07) is 0. The summed E-state index contributed by atoms with van der Waals surface area (Å²) >= 11 is 0. The van der Waals surface area contributed by atoms with E-state index in [0.29, 0.717) is 11.5 Å². The Morgan fingerprint density at radius 1 is 1.50 bits per heavy atom. The molecule has 0 radical (unpaired) electrons. The number of aromatic amines is 1. The van der Waals surface area contributed by atoms with E-state index in [1.54, 1.807) is 0 Å². The van der Waals surface area contributed by atoms with Crippen LogP contribution in [0.2, 0.25) is 0 Å². The quantitative estimate of drug-likeness (QED) is 0.800. The van der Waals surface area contributed by atoms with Gasteiger partial charge in [-0.1, -0.05) is 12.8 Å². The van der Waals surface area contributed by atoms with Crippen molar-refractivity contribution < 1.29 is 9.90 Å². The fourth-order valence-electron chi connectivity index (χ4n) is 2.32. The van der Waals surface area contributed by atoms with E-state index in [2.05, 4.69) is 9.97 Å². The predicted octanol–water partition coefficient (Wildman–Crippen LogP) is 1.05. The van der Waals surface area contributed by atoms with Crippen molar-refractivity contribution in [2.24, 2.45) is 0 Å². The van der Waals surface area contributed by atoms with E-state index in [1.807, 2.05) is 0 Å². The first-order chi connectivity index (χ1) is 7.66. The first-order valence-corrected chi connectivity index (χ1v) is 5.46. The molecule has 0 saturated heterocycles. The number of hydrogen-bond acceptors (Lipinski definition) is 3. The third kappa shape index (κ3) is 2.29. The zero-order chi connectivity index (χ0) is 11.5. The molecule has 2 rings (SSSR count). The SMILES string of the molecule is O=C(O)Cc1cnc(=O)[nH]c1C1CCCC1. The third-order valence-corrected chi connectivity index (χ3v) is 3.03. The molecule has 86 valence electrons. The minimum atomic E-state index is -0.895. The molecule has 1 aromatic heterocycles. The average molecular weight is 222 g/mol. The maximum Gasteiger partial charge on any atom is 0.345 e. The van der Waals surface area contributed by atoms with E-state index in [4.69, 9.17) is 5.11 Å². The number of hydrogen-bond donors (Lipinski definition) is 2. The van der Waals surface area contributed by atoms with Gasteiger partial charge in [-0.05, 0) is 18.8 Å². The Hall–Kier alpha value is -1.65. The van der Waals surface area contributed by atoms with Gasteiger partial charge >= 0.3 is 11.7 Å². The fourth-order valence-corrected chi connectivity index (χ4v) is 2.32. The third-order valence-electron chi connectivity index (χ3n) is 3.03. The van der Waals surface area contributed by atoms with Gasteiger partial charge in [-0.15, -0.1) is 0 Å². The van der Waals surface area contributed by atoms with Gasteiger partial charge in [-0.25, -0.2) is 9.78 Å². The second kappa shape index (κ2) is 4.47. The predicted molar refractivity (Wildman–Crippen MR) is 57.4 cm³/mol. The van der Waals surface area contributed by atoms with Crippen LogP contribution in [0.4, 0.5) is 0 Å². The summed E-state index contributed by atoms with van der Waals surface area (Å²) in [6.45, 7) is 0. The lowest BCUT2D eigenvalue weighted by molar-refractivity contribution is -0.136. The molecule has 0 bridgehead atoms. The van der Waals surface area contributed by atoms with Crippen molar-refractivity contribution in [3.05, 3.63) is 27.9 Å². The molecule has 5 nitrogen and oxygen atoms in total. The first kappa shape index (κ1) is 10.9. The van der Waals surface area contributed by atoms with Gasteiger partial charge < -0.3 is 10.1 Å². The van der Waals surface area contributed by atoms with Gasteiger partial charge in [0.25, 0.3) is 0 Å². The van der Waals surface area contributed by atoms with E-state index in [9.17, 15) is 9.59 Å². The molecular weight excluding hydrogens is 208 g/mol. The van der Waals surface area contributed by atoms with E-state index in [-0.39, 0.29) is 6.42 Å². The lowest BCUT2D eigenvalue weighted by Crippen LogP contribution is -2.18. The molecule has 1 heterocycles. The van der Waals surface area contributed by atoms with E-state index < -0.39 is 11.7 Å². The van der Waals surface area contributed by atoms with Crippen molar-refractivity contribution in [1.82, 2.24) is 9.97 Å². The summed E-state index contributed by atoms with van der Waals surface area (Å²) in [5.74, 6) is -0.599. The smallest absolute Gasteiger partial charge is 0.345 e. The van der Waals surface area contributed by atoms with Crippen LogP contribution in [0, 0.1) is 0 Å². The van der Waals surface area contributed by atoms with Gasteiger partial charge in [0, 0.05) is 17.5 Å². The van der Waals surface area contributed by atoms with Gasteiger partial charge in [0.2, 0.25) is 0 Å². The van der Waals surface area contributed by atoms with Crippen LogP contribution in [-0.2, 0) is 11.2 Å². The van der Waals surface area contributed by atoms with Crippen LogP contribution in [-0.4, -0.2) is 21.0 Å². The Bertz CT molecular complexity index is 447. The molecule has 0 aliphatic heterocycles. The highest BCUT2D eigenvalue weighted by atomic mass is 16.4. The van der Waals surface area contributed by atoms with Crippen molar-refractivity contribution in [3.63, 3.8) is 0 Å². The van der Waals surface area contributed by atoms with E-state index >= 15 is 0 Å². The average Bonchev–Trinajstić information content (AvgIpc) is 2.73. The van der Waals surface area contributed by atoms with Crippen LogP contribution in [0.1, 0.15) is 42.9 Å². The van der Waals surface area contributed by atoms with Crippen molar-refractivity contribution in [2.45, 2.75) is 38.0 Å². The Labute approximate surface area is 92.5 Å². The number of nitrogens with zero attached hydrogens (tertiary/aromatic N) is 1. The second-order valence-corrected chi connectivity index (χ2v) is 4.18. The van der Waals surface area contributed by atoms with E-state index in [0.717, 1.165) is 31.4 Å². The van der Waals surface area contributed by atoms with Gasteiger partial charge in [0.1, 0.15) is 0 Å². The molecule has 0 spiro atoms.